The molecule has 2 unspecified atom stereocenters. The van der Waals surface area contributed by atoms with E-state index in [4.69, 9.17) is 4.74 Å². The first kappa shape index (κ1) is 20.8. The molecule has 32 heavy (non-hydrogen) atoms. The molecular formula is C25H27FN4O2. The molecule has 166 valence electrons. The number of rotatable bonds is 5. The normalized spacial score (nSPS) is 21.3. The van der Waals surface area contributed by atoms with Crippen molar-refractivity contribution in [3.8, 4) is 22.6 Å². The Morgan fingerprint density at radius 1 is 1.16 bits per heavy atom. The number of nitrogens with zero attached hydrogens (tertiary/aromatic N) is 3. The third-order valence-corrected chi connectivity index (χ3v) is 6.59. The largest absolute Gasteiger partial charge is 0.451 e. The highest BCUT2D eigenvalue weighted by Crippen LogP contribution is 2.42. The summed E-state index contributed by atoms with van der Waals surface area (Å²) in [6.45, 7) is 5.62. The summed E-state index contributed by atoms with van der Waals surface area (Å²) < 4.78 is 20.6. The number of benzene rings is 2. The van der Waals surface area contributed by atoms with E-state index in [0.717, 1.165) is 44.0 Å². The van der Waals surface area contributed by atoms with Crippen LogP contribution in [0.3, 0.4) is 0 Å². The second kappa shape index (κ2) is 8.48. The minimum atomic E-state index is -0.696. The van der Waals surface area contributed by atoms with Crippen LogP contribution in [0.25, 0.3) is 11.1 Å². The second-order valence-corrected chi connectivity index (χ2v) is 8.81. The smallest absolute Gasteiger partial charge is 0.188 e. The molecule has 1 spiro atoms. The van der Waals surface area contributed by atoms with Crippen LogP contribution in [0.2, 0.25) is 0 Å². The number of hydrogen-bond acceptors (Lipinski definition) is 6. The predicted octanol–water partition coefficient (Wildman–Crippen LogP) is 4.32. The van der Waals surface area contributed by atoms with Crippen molar-refractivity contribution in [1.82, 2.24) is 15.3 Å². The van der Waals surface area contributed by atoms with E-state index < -0.39 is 6.10 Å². The van der Waals surface area contributed by atoms with Crippen molar-refractivity contribution in [3.63, 3.8) is 0 Å². The van der Waals surface area contributed by atoms with Gasteiger partial charge in [-0.3, -0.25) is 0 Å². The molecule has 2 fully saturated rings. The number of aromatic nitrogens is 2. The summed E-state index contributed by atoms with van der Waals surface area (Å²) in [4.78, 5) is 11.0. The Hall–Kier alpha value is -3.03. The van der Waals surface area contributed by atoms with Gasteiger partial charge in [0.1, 0.15) is 17.9 Å². The molecule has 0 radical (unpaired) electrons. The van der Waals surface area contributed by atoms with Crippen molar-refractivity contribution in [1.29, 1.82) is 0 Å². The fourth-order valence-corrected chi connectivity index (χ4v) is 4.91. The van der Waals surface area contributed by atoms with Crippen molar-refractivity contribution >= 4 is 5.82 Å². The second-order valence-electron chi connectivity index (χ2n) is 8.81. The van der Waals surface area contributed by atoms with E-state index >= 15 is 0 Å². The average Bonchev–Trinajstić information content (AvgIpc) is 3.45. The molecule has 3 aromatic rings. The third kappa shape index (κ3) is 3.94. The Morgan fingerprint density at radius 3 is 2.84 bits per heavy atom. The molecule has 0 aliphatic carbocycles. The minimum absolute atomic E-state index is 0.291. The molecule has 0 amide bonds. The lowest BCUT2D eigenvalue weighted by Gasteiger charge is -2.24. The maximum atomic E-state index is 14.2. The first-order valence-electron chi connectivity index (χ1n) is 11.1. The molecular weight excluding hydrogens is 407 g/mol. The van der Waals surface area contributed by atoms with Gasteiger partial charge < -0.3 is 20.1 Å². The molecule has 2 atom stereocenters. The van der Waals surface area contributed by atoms with Gasteiger partial charge in [0.2, 0.25) is 0 Å². The van der Waals surface area contributed by atoms with Crippen LogP contribution in [0.15, 0.2) is 55.0 Å². The molecule has 2 aromatic carbocycles. The van der Waals surface area contributed by atoms with Crippen LogP contribution in [0.1, 0.15) is 31.4 Å². The van der Waals surface area contributed by atoms with E-state index in [9.17, 15) is 9.50 Å². The van der Waals surface area contributed by atoms with Crippen LogP contribution in [0.5, 0.6) is 11.5 Å². The third-order valence-electron chi connectivity index (χ3n) is 6.59. The number of halogens is 1. The summed E-state index contributed by atoms with van der Waals surface area (Å²) in [5.74, 6) is 1.42. The number of nitrogens with one attached hydrogen (secondary N) is 1. The average molecular weight is 435 g/mol. The van der Waals surface area contributed by atoms with Crippen molar-refractivity contribution in [2.75, 3.05) is 31.1 Å². The van der Waals surface area contributed by atoms with E-state index in [2.05, 4.69) is 20.2 Å². The van der Waals surface area contributed by atoms with Crippen molar-refractivity contribution in [2.24, 2.45) is 5.41 Å². The molecule has 2 N–H and O–H groups in total. The van der Waals surface area contributed by atoms with Gasteiger partial charge in [0.25, 0.3) is 0 Å². The van der Waals surface area contributed by atoms with Crippen LogP contribution in [-0.4, -0.2) is 41.3 Å². The summed E-state index contributed by atoms with van der Waals surface area (Å²) in [5.41, 5.74) is 2.31. The lowest BCUT2D eigenvalue weighted by molar-refractivity contribution is 0.200. The Balaban J connectivity index is 1.50. The first-order valence-corrected chi connectivity index (χ1v) is 11.1. The summed E-state index contributed by atoms with van der Waals surface area (Å²) >= 11 is 0. The molecule has 2 saturated heterocycles. The zero-order valence-electron chi connectivity index (χ0n) is 18.1. The number of anilines is 1. The zero-order valence-corrected chi connectivity index (χ0v) is 18.1. The van der Waals surface area contributed by atoms with Gasteiger partial charge in [-0.25, -0.2) is 14.4 Å². The van der Waals surface area contributed by atoms with E-state index in [1.165, 1.54) is 24.9 Å². The van der Waals surface area contributed by atoms with Gasteiger partial charge in [-0.05, 0) is 55.6 Å². The van der Waals surface area contributed by atoms with Crippen LogP contribution < -0.4 is 15.0 Å². The predicted molar refractivity (Wildman–Crippen MR) is 121 cm³/mol. The Kier molecular flexibility index (Phi) is 5.53. The standard InChI is InChI=1S/C25H27FN4O2/c1-17(31)19-4-2-3-5-20(19)21-12-18(26)6-7-22(21)32-23-13-28-16-29-24(23)30-11-9-25(15-30)8-10-27-14-25/h2-7,12-13,16-17,27,31H,8-11,14-15H2,1H3. The van der Waals surface area contributed by atoms with Gasteiger partial charge >= 0.3 is 0 Å². The first-order chi connectivity index (χ1) is 15.5. The number of aliphatic hydroxyl groups is 1. The molecule has 0 bridgehead atoms. The highest BCUT2D eigenvalue weighted by molar-refractivity contribution is 5.74. The van der Waals surface area contributed by atoms with Crippen LogP contribution in [0.4, 0.5) is 10.2 Å². The van der Waals surface area contributed by atoms with Crippen LogP contribution in [-0.2, 0) is 0 Å². The maximum Gasteiger partial charge on any atom is 0.188 e. The maximum absolute atomic E-state index is 14.2. The number of ether oxygens (including phenoxy) is 1. The van der Waals surface area contributed by atoms with E-state index in [1.54, 1.807) is 19.2 Å². The summed E-state index contributed by atoms with van der Waals surface area (Å²) in [7, 11) is 0. The van der Waals surface area contributed by atoms with Crippen molar-refractivity contribution in [3.05, 3.63) is 66.4 Å². The van der Waals surface area contributed by atoms with Gasteiger partial charge in [-0.1, -0.05) is 24.3 Å². The fourth-order valence-electron chi connectivity index (χ4n) is 4.91. The van der Waals surface area contributed by atoms with E-state index in [0.29, 0.717) is 28.0 Å². The van der Waals surface area contributed by atoms with Gasteiger partial charge in [0.15, 0.2) is 11.6 Å². The van der Waals surface area contributed by atoms with Gasteiger partial charge in [-0.15, -0.1) is 0 Å². The highest BCUT2D eigenvalue weighted by atomic mass is 19.1. The quantitative estimate of drug-likeness (QED) is 0.623. The van der Waals surface area contributed by atoms with Crippen molar-refractivity contribution < 1.29 is 14.2 Å². The highest BCUT2D eigenvalue weighted by Gasteiger charge is 2.41. The molecule has 1 aromatic heterocycles. The molecule has 7 heteroatoms. The summed E-state index contributed by atoms with van der Waals surface area (Å²) in [6, 6.07) is 11.9. The molecule has 5 rings (SSSR count). The van der Waals surface area contributed by atoms with E-state index in [-0.39, 0.29) is 5.82 Å². The lowest BCUT2D eigenvalue weighted by atomic mass is 9.87. The zero-order chi connectivity index (χ0) is 22.1. The Labute approximate surface area is 187 Å². The SMILES string of the molecule is CC(O)c1ccccc1-c1cc(F)ccc1Oc1cncnc1N1CCC2(CCNC2)C1. The molecule has 0 saturated carbocycles. The van der Waals surface area contributed by atoms with Crippen LogP contribution >= 0.6 is 0 Å². The Bertz CT molecular complexity index is 1110. The minimum Gasteiger partial charge on any atom is -0.451 e. The molecule has 2 aliphatic heterocycles. The van der Waals surface area contributed by atoms with Crippen molar-refractivity contribution in [2.45, 2.75) is 25.9 Å². The summed E-state index contributed by atoms with van der Waals surface area (Å²) in [6.07, 6.45) is 4.79. The monoisotopic (exact) mass is 434 g/mol. The number of hydrogen-bond donors (Lipinski definition) is 2. The topological polar surface area (TPSA) is 70.5 Å². The Morgan fingerprint density at radius 2 is 2.03 bits per heavy atom. The van der Waals surface area contributed by atoms with E-state index in [1.807, 2.05) is 24.3 Å². The lowest BCUT2D eigenvalue weighted by Crippen LogP contribution is -2.29. The molecule has 2 aliphatic rings. The van der Waals surface area contributed by atoms with Gasteiger partial charge in [0, 0.05) is 30.6 Å². The number of aliphatic hydroxyl groups excluding tert-OH is 1. The summed E-state index contributed by atoms with van der Waals surface area (Å²) in [5, 5.41) is 13.7. The molecule has 6 nitrogen and oxygen atoms in total. The fraction of sp³-hybridized carbons (Fsp3) is 0.360. The molecule has 3 heterocycles. The van der Waals surface area contributed by atoms with Gasteiger partial charge in [-0.2, -0.15) is 0 Å². The van der Waals surface area contributed by atoms with Gasteiger partial charge in [0.05, 0.1) is 12.3 Å². The van der Waals surface area contributed by atoms with Crippen LogP contribution in [0, 0.1) is 11.2 Å².